The number of carbonyl (C=O) groups is 2. The van der Waals surface area contributed by atoms with Crippen molar-refractivity contribution >= 4 is 17.5 Å². The Bertz CT molecular complexity index is 1190. The van der Waals surface area contributed by atoms with E-state index in [9.17, 15) is 9.59 Å². The zero-order valence-corrected chi connectivity index (χ0v) is 19.5. The molecule has 0 saturated heterocycles. The van der Waals surface area contributed by atoms with E-state index in [1.54, 1.807) is 32.2 Å². The van der Waals surface area contributed by atoms with Crippen molar-refractivity contribution in [2.45, 2.75) is 33.2 Å². The monoisotopic (exact) mass is 465 g/mol. The zero-order chi connectivity index (χ0) is 24.5. The van der Waals surface area contributed by atoms with E-state index in [1.165, 1.54) is 7.11 Å². The van der Waals surface area contributed by atoms with Crippen LogP contribution in [0.1, 0.15) is 30.4 Å². The molecule has 10 nitrogen and oxygen atoms in total. The predicted molar refractivity (Wildman–Crippen MR) is 125 cm³/mol. The maximum atomic E-state index is 12.2. The zero-order valence-electron chi connectivity index (χ0n) is 19.5. The molecule has 3 aromatic rings. The van der Waals surface area contributed by atoms with Gasteiger partial charge in [-0.15, -0.1) is 0 Å². The minimum atomic E-state index is -0.318. The summed E-state index contributed by atoms with van der Waals surface area (Å²) in [4.78, 5) is 28.7. The van der Waals surface area contributed by atoms with Crippen LogP contribution in [0.2, 0.25) is 0 Å². The standard InChI is InChI=1S/C24H27N5O5/c1-15-6-5-7-18(10-15)24-26-23(34-29-24)14-25-21(30)11-16(2)27-28-22(31)13-17-8-9-19(32-3)20(12-17)33-4/h5-10,12H,11,13-14H2,1-4H3,(H,25,30)(H,28,31)/b27-16+. The number of rotatable bonds is 10. The lowest BCUT2D eigenvalue weighted by atomic mass is 10.1. The number of methoxy groups -OCH3 is 2. The average molecular weight is 466 g/mol. The molecule has 10 heteroatoms. The topological polar surface area (TPSA) is 128 Å². The molecule has 0 fully saturated rings. The first kappa shape index (κ1) is 24.4. The van der Waals surface area contributed by atoms with Crippen LogP contribution in [0.4, 0.5) is 0 Å². The van der Waals surface area contributed by atoms with Crippen molar-refractivity contribution in [2.75, 3.05) is 14.2 Å². The fraction of sp³-hybridized carbons (Fsp3) is 0.292. The Morgan fingerprint density at radius 2 is 1.85 bits per heavy atom. The van der Waals surface area contributed by atoms with Gasteiger partial charge in [-0.3, -0.25) is 9.59 Å². The van der Waals surface area contributed by atoms with Crippen molar-refractivity contribution in [2.24, 2.45) is 5.10 Å². The molecular formula is C24H27N5O5. The van der Waals surface area contributed by atoms with Crippen molar-refractivity contribution in [1.82, 2.24) is 20.9 Å². The van der Waals surface area contributed by atoms with Gasteiger partial charge < -0.3 is 19.3 Å². The Kier molecular flexibility index (Phi) is 8.33. The van der Waals surface area contributed by atoms with E-state index < -0.39 is 0 Å². The van der Waals surface area contributed by atoms with Gasteiger partial charge >= 0.3 is 0 Å². The van der Waals surface area contributed by atoms with Gasteiger partial charge in [-0.1, -0.05) is 35.0 Å². The predicted octanol–water partition coefficient (Wildman–Crippen LogP) is 2.80. The highest BCUT2D eigenvalue weighted by atomic mass is 16.5. The largest absolute Gasteiger partial charge is 0.493 e. The van der Waals surface area contributed by atoms with E-state index >= 15 is 0 Å². The highest BCUT2D eigenvalue weighted by Gasteiger charge is 2.12. The number of aryl methyl sites for hydroxylation is 1. The first-order valence-corrected chi connectivity index (χ1v) is 10.6. The summed E-state index contributed by atoms with van der Waals surface area (Å²) in [5.41, 5.74) is 5.57. The lowest BCUT2D eigenvalue weighted by Crippen LogP contribution is -2.26. The number of aromatic nitrogens is 2. The van der Waals surface area contributed by atoms with Crippen LogP contribution in [0.5, 0.6) is 11.5 Å². The molecule has 1 heterocycles. The molecule has 2 N–H and O–H groups in total. The van der Waals surface area contributed by atoms with E-state index in [0.717, 1.165) is 16.7 Å². The van der Waals surface area contributed by atoms with Gasteiger partial charge in [-0.05, 0) is 37.6 Å². The quantitative estimate of drug-likeness (QED) is 0.348. The minimum absolute atomic E-state index is 0.00944. The van der Waals surface area contributed by atoms with E-state index in [1.807, 2.05) is 31.2 Å². The molecule has 1 aromatic heterocycles. The van der Waals surface area contributed by atoms with Crippen molar-refractivity contribution in [1.29, 1.82) is 0 Å². The number of carbonyl (C=O) groups excluding carboxylic acids is 2. The third-order valence-corrected chi connectivity index (χ3v) is 4.78. The smallest absolute Gasteiger partial charge is 0.246 e. The van der Waals surface area contributed by atoms with Gasteiger partial charge in [0.1, 0.15) is 0 Å². The first-order valence-electron chi connectivity index (χ1n) is 10.6. The van der Waals surface area contributed by atoms with Gasteiger partial charge in [0.25, 0.3) is 0 Å². The molecule has 0 saturated carbocycles. The molecule has 0 radical (unpaired) electrons. The summed E-state index contributed by atoms with van der Waals surface area (Å²) in [6, 6.07) is 13.0. The third kappa shape index (κ3) is 6.89. The van der Waals surface area contributed by atoms with Crippen LogP contribution < -0.4 is 20.2 Å². The van der Waals surface area contributed by atoms with Gasteiger partial charge in [-0.2, -0.15) is 10.1 Å². The third-order valence-electron chi connectivity index (χ3n) is 4.78. The van der Waals surface area contributed by atoms with Gasteiger partial charge in [-0.25, -0.2) is 5.43 Å². The number of benzene rings is 2. The summed E-state index contributed by atoms with van der Waals surface area (Å²) < 4.78 is 15.6. The molecule has 34 heavy (non-hydrogen) atoms. The highest BCUT2D eigenvalue weighted by molar-refractivity contribution is 6.00. The first-order chi connectivity index (χ1) is 16.4. The highest BCUT2D eigenvalue weighted by Crippen LogP contribution is 2.27. The van der Waals surface area contributed by atoms with Gasteiger partial charge in [0, 0.05) is 11.3 Å². The summed E-state index contributed by atoms with van der Waals surface area (Å²) in [5, 5.41) is 10.6. The maximum Gasteiger partial charge on any atom is 0.246 e. The maximum absolute atomic E-state index is 12.2. The number of hydrogen-bond donors (Lipinski definition) is 2. The molecule has 0 atom stereocenters. The summed E-state index contributed by atoms with van der Waals surface area (Å²) in [6.45, 7) is 3.72. The van der Waals surface area contributed by atoms with E-state index in [4.69, 9.17) is 14.0 Å². The normalized spacial score (nSPS) is 11.1. The summed E-state index contributed by atoms with van der Waals surface area (Å²) in [7, 11) is 3.07. The summed E-state index contributed by atoms with van der Waals surface area (Å²) in [6.07, 6.45) is 0.110. The molecule has 178 valence electrons. The number of ether oxygens (including phenoxy) is 2. The molecular weight excluding hydrogens is 438 g/mol. The van der Waals surface area contributed by atoms with Crippen LogP contribution in [0.3, 0.4) is 0 Å². The van der Waals surface area contributed by atoms with E-state index in [2.05, 4.69) is 26.0 Å². The molecule has 0 aliphatic rings. The van der Waals surface area contributed by atoms with Crippen LogP contribution in [0, 0.1) is 6.92 Å². The average Bonchev–Trinajstić information content (AvgIpc) is 3.30. The number of nitrogens with zero attached hydrogens (tertiary/aromatic N) is 3. The fourth-order valence-electron chi connectivity index (χ4n) is 3.11. The molecule has 0 aliphatic carbocycles. The Morgan fingerprint density at radius 3 is 2.59 bits per heavy atom. The van der Waals surface area contributed by atoms with Crippen molar-refractivity contribution < 1.29 is 23.6 Å². The molecule has 2 amide bonds. The SMILES string of the molecule is COc1ccc(CC(=O)N/N=C(\C)CC(=O)NCc2nc(-c3cccc(C)c3)no2)cc1OC. The van der Waals surface area contributed by atoms with Crippen LogP contribution in [0.15, 0.2) is 52.1 Å². The number of hydrogen-bond acceptors (Lipinski definition) is 8. The lowest BCUT2D eigenvalue weighted by molar-refractivity contribution is -0.121. The Balaban J connectivity index is 1.45. The Hall–Kier alpha value is -4.21. The van der Waals surface area contributed by atoms with Gasteiger partial charge in [0.2, 0.25) is 23.5 Å². The number of hydrazone groups is 1. The van der Waals surface area contributed by atoms with Crippen LogP contribution in [-0.4, -0.2) is 41.9 Å². The minimum Gasteiger partial charge on any atom is -0.493 e. The van der Waals surface area contributed by atoms with E-state index in [0.29, 0.717) is 28.9 Å². The second-order valence-corrected chi connectivity index (χ2v) is 7.58. The molecule has 0 aliphatic heterocycles. The molecule has 3 rings (SSSR count). The number of amides is 2. The number of nitrogens with one attached hydrogen (secondary N) is 2. The van der Waals surface area contributed by atoms with Crippen molar-refractivity contribution in [3.05, 3.63) is 59.5 Å². The van der Waals surface area contributed by atoms with Gasteiger partial charge in [0.15, 0.2) is 11.5 Å². The van der Waals surface area contributed by atoms with E-state index in [-0.39, 0.29) is 31.2 Å². The molecule has 0 unspecified atom stereocenters. The lowest BCUT2D eigenvalue weighted by Gasteiger charge is -2.09. The van der Waals surface area contributed by atoms with Crippen molar-refractivity contribution in [3.8, 4) is 22.9 Å². The second-order valence-electron chi connectivity index (χ2n) is 7.58. The molecule has 0 bridgehead atoms. The Morgan fingerprint density at radius 1 is 1.06 bits per heavy atom. The molecule has 0 spiro atoms. The van der Waals surface area contributed by atoms with Crippen LogP contribution >= 0.6 is 0 Å². The van der Waals surface area contributed by atoms with Crippen molar-refractivity contribution in [3.63, 3.8) is 0 Å². The summed E-state index contributed by atoms with van der Waals surface area (Å²) >= 11 is 0. The second kappa shape index (κ2) is 11.6. The van der Waals surface area contributed by atoms with Crippen LogP contribution in [-0.2, 0) is 22.6 Å². The summed E-state index contributed by atoms with van der Waals surface area (Å²) in [5.74, 6) is 1.27. The molecule has 2 aromatic carbocycles. The fourth-order valence-corrected chi connectivity index (χ4v) is 3.11. The van der Waals surface area contributed by atoms with Gasteiger partial charge in [0.05, 0.1) is 33.6 Å². The Labute approximate surface area is 197 Å². The van der Waals surface area contributed by atoms with Crippen LogP contribution in [0.25, 0.3) is 11.4 Å².